The highest BCUT2D eigenvalue weighted by Gasteiger charge is 2.11. The molecule has 0 saturated carbocycles. The Balaban J connectivity index is 2.14. The third-order valence-corrected chi connectivity index (χ3v) is 3.57. The van der Waals surface area contributed by atoms with Gasteiger partial charge in [0.1, 0.15) is 5.58 Å². The van der Waals surface area contributed by atoms with E-state index in [0.29, 0.717) is 0 Å². The van der Waals surface area contributed by atoms with Crippen molar-refractivity contribution in [2.45, 2.75) is 0 Å². The molecule has 0 bridgehead atoms. The molecule has 0 aliphatic rings. The van der Waals surface area contributed by atoms with Gasteiger partial charge >= 0.3 is 0 Å². The van der Waals surface area contributed by atoms with Crippen LogP contribution in [0.3, 0.4) is 0 Å². The molecule has 0 radical (unpaired) electrons. The van der Waals surface area contributed by atoms with Gasteiger partial charge < -0.3 is 4.42 Å². The van der Waals surface area contributed by atoms with E-state index in [2.05, 4.69) is 15.9 Å². The molecule has 19 heavy (non-hydrogen) atoms. The number of non-ortho nitro benzene ring substituents is 1. The van der Waals surface area contributed by atoms with Crippen LogP contribution in [0.4, 0.5) is 5.69 Å². The number of nitrogens with zero attached hydrogens (tertiary/aromatic N) is 1. The van der Waals surface area contributed by atoms with E-state index < -0.39 is 4.92 Å². The fourth-order valence-electron chi connectivity index (χ4n) is 2.01. The number of fused-ring (bicyclic) bond motifs is 1. The first-order valence-electron chi connectivity index (χ1n) is 5.57. The Morgan fingerprint density at radius 3 is 2.53 bits per heavy atom. The van der Waals surface area contributed by atoms with Crippen LogP contribution in [0.5, 0.6) is 0 Å². The van der Waals surface area contributed by atoms with E-state index in [1.165, 1.54) is 12.1 Å². The number of hydrogen-bond acceptors (Lipinski definition) is 3. The van der Waals surface area contributed by atoms with Crippen molar-refractivity contribution in [3.8, 4) is 11.1 Å². The van der Waals surface area contributed by atoms with Crippen molar-refractivity contribution >= 4 is 32.6 Å². The summed E-state index contributed by atoms with van der Waals surface area (Å²) in [7, 11) is 0. The van der Waals surface area contributed by atoms with Gasteiger partial charge in [-0.25, -0.2) is 0 Å². The quantitative estimate of drug-likeness (QED) is 0.505. The summed E-state index contributed by atoms with van der Waals surface area (Å²) in [5, 5.41) is 11.6. The van der Waals surface area contributed by atoms with Crippen LogP contribution in [0, 0.1) is 10.1 Å². The highest BCUT2D eigenvalue weighted by Crippen LogP contribution is 2.34. The minimum atomic E-state index is -0.409. The van der Waals surface area contributed by atoms with Crippen LogP contribution in [0.15, 0.2) is 57.6 Å². The molecular formula is C14H8BrNO3. The van der Waals surface area contributed by atoms with Crippen molar-refractivity contribution in [2.75, 3.05) is 0 Å². The van der Waals surface area contributed by atoms with Crippen molar-refractivity contribution in [3.63, 3.8) is 0 Å². The van der Waals surface area contributed by atoms with Crippen molar-refractivity contribution in [1.82, 2.24) is 0 Å². The number of nitro groups is 1. The Hall–Kier alpha value is -2.14. The second-order valence-corrected chi connectivity index (χ2v) is 4.92. The van der Waals surface area contributed by atoms with Gasteiger partial charge in [-0.15, -0.1) is 0 Å². The molecule has 0 aliphatic heterocycles. The average molecular weight is 318 g/mol. The van der Waals surface area contributed by atoms with E-state index in [1.54, 1.807) is 18.4 Å². The van der Waals surface area contributed by atoms with E-state index in [9.17, 15) is 10.1 Å². The van der Waals surface area contributed by atoms with Crippen molar-refractivity contribution in [3.05, 3.63) is 63.3 Å². The number of furan rings is 1. The molecule has 0 atom stereocenters. The maximum atomic E-state index is 10.6. The van der Waals surface area contributed by atoms with Gasteiger partial charge in [-0.05, 0) is 39.7 Å². The van der Waals surface area contributed by atoms with E-state index in [4.69, 9.17) is 4.42 Å². The minimum Gasteiger partial charge on any atom is -0.462 e. The zero-order valence-electron chi connectivity index (χ0n) is 9.67. The zero-order chi connectivity index (χ0) is 13.4. The lowest BCUT2D eigenvalue weighted by atomic mass is 10.0. The number of para-hydroxylation sites is 1. The summed E-state index contributed by atoms with van der Waals surface area (Å²) in [5.74, 6) is 0. The average Bonchev–Trinajstić information content (AvgIpc) is 2.84. The Morgan fingerprint density at radius 1 is 1.11 bits per heavy atom. The summed E-state index contributed by atoms with van der Waals surface area (Å²) in [6.07, 6.45) is 1.66. The predicted molar refractivity (Wildman–Crippen MR) is 76.0 cm³/mol. The third-order valence-electron chi connectivity index (χ3n) is 2.94. The second-order valence-electron chi connectivity index (χ2n) is 4.07. The molecule has 1 heterocycles. The Morgan fingerprint density at radius 2 is 1.84 bits per heavy atom. The molecule has 0 fully saturated rings. The van der Waals surface area contributed by atoms with Crippen LogP contribution in [0.1, 0.15) is 0 Å². The number of halogens is 1. The van der Waals surface area contributed by atoms with Crippen molar-refractivity contribution in [2.24, 2.45) is 0 Å². The summed E-state index contributed by atoms with van der Waals surface area (Å²) in [4.78, 5) is 10.2. The smallest absolute Gasteiger partial charge is 0.269 e. The number of rotatable bonds is 2. The molecule has 0 spiro atoms. The van der Waals surface area contributed by atoms with Crippen LogP contribution in [0.25, 0.3) is 22.1 Å². The molecule has 1 aromatic heterocycles. The maximum absolute atomic E-state index is 10.6. The van der Waals surface area contributed by atoms with Crippen LogP contribution < -0.4 is 0 Å². The summed E-state index contributed by atoms with van der Waals surface area (Å²) < 4.78 is 6.42. The lowest BCUT2D eigenvalue weighted by Crippen LogP contribution is -1.86. The van der Waals surface area contributed by atoms with Gasteiger partial charge in [-0.1, -0.05) is 12.1 Å². The molecule has 0 saturated heterocycles. The van der Waals surface area contributed by atoms with E-state index >= 15 is 0 Å². The SMILES string of the molecule is O=[N+]([O-])c1ccc(-c2coc3c(Br)cccc23)cc1. The lowest BCUT2D eigenvalue weighted by Gasteiger charge is -1.98. The normalized spacial score (nSPS) is 10.8. The third kappa shape index (κ3) is 2.02. The van der Waals surface area contributed by atoms with Crippen molar-refractivity contribution < 1.29 is 9.34 Å². The Bertz CT molecular complexity index is 762. The van der Waals surface area contributed by atoms with Crippen LogP contribution in [-0.4, -0.2) is 4.92 Å². The van der Waals surface area contributed by atoms with E-state index in [0.717, 1.165) is 26.6 Å². The topological polar surface area (TPSA) is 56.3 Å². The Kier molecular flexibility index (Phi) is 2.83. The molecule has 0 aliphatic carbocycles. The van der Waals surface area contributed by atoms with Gasteiger partial charge in [0.2, 0.25) is 0 Å². The molecule has 0 unspecified atom stereocenters. The zero-order valence-corrected chi connectivity index (χ0v) is 11.3. The highest BCUT2D eigenvalue weighted by atomic mass is 79.9. The maximum Gasteiger partial charge on any atom is 0.269 e. The number of benzene rings is 2. The van der Waals surface area contributed by atoms with Gasteiger partial charge in [-0.2, -0.15) is 0 Å². The molecule has 3 aromatic rings. The van der Waals surface area contributed by atoms with Crippen LogP contribution in [-0.2, 0) is 0 Å². The molecule has 0 amide bonds. The molecule has 3 rings (SSSR count). The van der Waals surface area contributed by atoms with Gasteiger partial charge in [0, 0.05) is 23.1 Å². The molecule has 4 nitrogen and oxygen atoms in total. The summed E-state index contributed by atoms with van der Waals surface area (Å²) >= 11 is 3.43. The van der Waals surface area contributed by atoms with Gasteiger partial charge in [0.05, 0.1) is 15.7 Å². The lowest BCUT2D eigenvalue weighted by molar-refractivity contribution is -0.384. The van der Waals surface area contributed by atoms with E-state index in [-0.39, 0.29) is 5.69 Å². The fourth-order valence-corrected chi connectivity index (χ4v) is 2.47. The molecular weight excluding hydrogens is 310 g/mol. The van der Waals surface area contributed by atoms with Crippen LogP contribution in [0.2, 0.25) is 0 Å². The first-order valence-corrected chi connectivity index (χ1v) is 6.36. The fraction of sp³-hybridized carbons (Fsp3) is 0. The van der Waals surface area contributed by atoms with Crippen molar-refractivity contribution in [1.29, 1.82) is 0 Å². The first-order chi connectivity index (χ1) is 9.16. The number of hydrogen-bond donors (Lipinski definition) is 0. The minimum absolute atomic E-state index is 0.0812. The summed E-state index contributed by atoms with van der Waals surface area (Å²) in [6, 6.07) is 12.2. The standard InChI is InChI=1S/C14H8BrNO3/c15-13-3-1-2-11-12(8-19-14(11)13)9-4-6-10(7-5-9)16(17)18/h1-8H. The summed E-state index contributed by atoms with van der Waals surface area (Å²) in [6.45, 7) is 0. The summed E-state index contributed by atoms with van der Waals surface area (Å²) in [5.41, 5.74) is 2.67. The first kappa shape index (κ1) is 11.9. The monoisotopic (exact) mass is 317 g/mol. The molecule has 2 aromatic carbocycles. The molecule has 94 valence electrons. The second kappa shape index (κ2) is 4.51. The highest BCUT2D eigenvalue weighted by molar-refractivity contribution is 9.10. The largest absolute Gasteiger partial charge is 0.462 e. The van der Waals surface area contributed by atoms with Gasteiger partial charge in [0.25, 0.3) is 5.69 Å². The molecule has 0 N–H and O–H groups in total. The van der Waals surface area contributed by atoms with Gasteiger partial charge in [-0.3, -0.25) is 10.1 Å². The predicted octanol–water partition coefficient (Wildman–Crippen LogP) is 4.77. The van der Waals surface area contributed by atoms with E-state index in [1.807, 2.05) is 18.2 Å². The van der Waals surface area contributed by atoms with Crippen LogP contribution >= 0.6 is 15.9 Å². The van der Waals surface area contributed by atoms with Gasteiger partial charge in [0.15, 0.2) is 0 Å². The molecule has 5 heteroatoms. The Labute approximate surface area is 116 Å². The number of nitro benzene ring substituents is 1.